The van der Waals surface area contributed by atoms with Gasteiger partial charge in [-0.05, 0) is 37.6 Å². The highest BCUT2D eigenvalue weighted by Gasteiger charge is 2.14. The molecule has 0 heterocycles. The van der Waals surface area contributed by atoms with Crippen LogP contribution in [0.5, 0.6) is 0 Å². The fourth-order valence-electron chi connectivity index (χ4n) is 1.96. The van der Waals surface area contributed by atoms with Gasteiger partial charge >= 0.3 is 0 Å². The van der Waals surface area contributed by atoms with E-state index in [4.69, 9.17) is 5.21 Å². The standard InChI is InChI=1S/C16H15FN2O2/c1-10-7-8-13(14(17)9-10)16(20)18-15-6-4-3-5-12(15)11(2)19-21/h3-9,21H,1-2H3,(H,18,20)/b19-11-. The molecule has 4 nitrogen and oxygen atoms in total. The molecule has 2 N–H and O–H groups in total. The minimum atomic E-state index is -0.572. The number of rotatable bonds is 3. The molecule has 5 heteroatoms. The SMILES string of the molecule is C/C(=N/O)c1ccccc1NC(=O)c1ccc(C)cc1F. The molecule has 0 saturated carbocycles. The van der Waals surface area contributed by atoms with Gasteiger partial charge in [-0.15, -0.1) is 0 Å². The summed E-state index contributed by atoms with van der Waals surface area (Å²) in [5.74, 6) is -1.12. The Labute approximate surface area is 121 Å². The number of hydrogen-bond acceptors (Lipinski definition) is 3. The van der Waals surface area contributed by atoms with Crippen molar-refractivity contribution in [1.29, 1.82) is 0 Å². The van der Waals surface area contributed by atoms with E-state index in [2.05, 4.69) is 10.5 Å². The van der Waals surface area contributed by atoms with Crippen molar-refractivity contribution in [2.24, 2.45) is 5.16 Å². The molecule has 108 valence electrons. The number of amides is 1. The van der Waals surface area contributed by atoms with Gasteiger partial charge in [0.15, 0.2) is 0 Å². The van der Waals surface area contributed by atoms with Gasteiger partial charge in [-0.3, -0.25) is 4.79 Å². The van der Waals surface area contributed by atoms with Crippen molar-refractivity contribution in [2.45, 2.75) is 13.8 Å². The van der Waals surface area contributed by atoms with Gasteiger partial charge in [0, 0.05) is 5.56 Å². The average Bonchev–Trinajstić information content (AvgIpc) is 2.46. The van der Waals surface area contributed by atoms with Crippen molar-refractivity contribution in [1.82, 2.24) is 0 Å². The van der Waals surface area contributed by atoms with E-state index >= 15 is 0 Å². The summed E-state index contributed by atoms with van der Waals surface area (Å²) >= 11 is 0. The Morgan fingerprint density at radius 2 is 1.90 bits per heavy atom. The molecule has 0 aromatic heterocycles. The number of anilines is 1. The van der Waals surface area contributed by atoms with Crippen LogP contribution in [0.25, 0.3) is 0 Å². The summed E-state index contributed by atoms with van der Waals surface area (Å²) in [5, 5.41) is 14.6. The smallest absolute Gasteiger partial charge is 0.258 e. The highest BCUT2D eigenvalue weighted by Crippen LogP contribution is 2.18. The number of para-hydroxylation sites is 1. The number of carbonyl (C=O) groups is 1. The zero-order chi connectivity index (χ0) is 15.4. The Bertz CT molecular complexity index is 711. The third kappa shape index (κ3) is 3.25. The Balaban J connectivity index is 2.32. The lowest BCUT2D eigenvalue weighted by Gasteiger charge is -2.10. The molecule has 21 heavy (non-hydrogen) atoms. The maximum Gasteiger partial charge on any atom is 0.258 e. The van der Waals surface area contributed by atoms with E-state index in [1.165, 1.54) is 12.1 Å². The van der Waals surface area contributed by atoms with Gasteiger partial charge in [-0.25, -0.2) is 4.39 Å². The van der Waals surface area contributed by atoms with Gasteiger partial charge in [0.05, 0.1) is 17.0 Å². The van der Waals surface area contributed by atoms with Gasteiger partial charge in [0.2, 0.25) is 0 Å². The number of oxime groups is 1. The lowest BCUT2D eigenvalue weighted by atomic mass is 10.1. The van der Waals surface area contributed by atoms with E-state index in [1.54, 1.807) is 44.2 Å². The summed E-state index contributed by atoms with van der Waals surface area (Å²) in [7, 11) is 0. The monoisotopic (exact) mass is 286 g/mol. The van der Waals surface area contributed by atoms with Gasteiger partial charge in [0.1, 0.15) is 5.82 Å². The summed E-state index contributed by atoms with van der Waals surface area (Å²) in [6.07, 6.45) is 0. The molecule has 2 aromatic rings. The first-order valence-corrected chi connectivity index (χ1v) is 6.38. The van der Waals surface area contributed by atoms with Gasteiger partial charge < -0.3 is 10.5 Å². The van der Waals surface area contributed by atoms with E-state index in [1.807, 2.05) is 0 Å². The van der Waals surface area contributed by atoms with Gasteiger partial charge in [-0.2, -0.15) is 0 Å². The second-order valence-corrected chi connectivity index (χ2v) is 4.67. The first-order valence-electron chi connectivity index (χ1n) is 6.38. The summed E-state index contributed by atoms with van der Waals surface area (Å²) in [6, 6.07) is 11.3. The van der Waals surface area contributed by atoms with Crippen molar-refractivity contribution in [3.05, 3.63) is 65.0 Å². The van der Waals surface area contributed by atoms with Crippen molar-refractivity contribution in [2.75, 3.05) is 5.32 Å². The van der Waals surface area contributed by atoms with Crippen LogP contribution in [0.15, 0.2) is 47.6 Å². The van der Waals surface area contributed by atoms with E-state index in [0.717, 1.165) is 5.56 Å². The lowest BCUT2D eigenvalue weighted by molar-refractivity contribution is 0.102. The topological polar surface area (TPSA) is 61.7 Å². The summed E-state index contributed by atoms with van der Waals surface area (Å²) in [5.41, 5.74) is 2.09. The number of benzene rings is 2. The number of nitrogens with zero attached hydrogens (tertiary/aromatic N) is 1. The second-order valence-electron chi connectivity index (χ2n) is 4.67. The number of hydrogen-bond donors (Lipinski definition) is 2. The zero-order valence-corrected chi connectivity index (χ0v) is 11.7. The Kier molecular flexibility index (Phi) is 4.33. The number of carbonyl (C=O) groups excluding carboxylic acids is 1. The van der Waals surface area contributed by atoms with E-state index in [-0.39, 0.29) is 5.56 Å². The molecule has 1 amide bonds. The molecule has 2 rings (SSSR count). The molecule has 0 aliphatic carbocycles. The fourth-order valence-corrected chi connectivity index (χ4v) is 1.96. The quantitative estimate of drug-likeness (QED) is 0.514. The van der Waals surface area contributed by atoms with E-state index in [0.29, 0.717) is 17.0 Å². The van der Waals surface area contributed by atoms with Crippen molar-refractivity contribution in [3.63, 3.8) is 0 Å². The minimum Gasteiger partial charge on any atom is -0.411 e. The molecular weight excluding hydrogens is 271 g/mol. The molecule has 0 unspecified atom stereocenters. The van der Waals surface area contributed by atoms with Gasteiger partial charge in [-0.1, -0.05) is 29.4 Å². The molecule has 0 saturated heterocycles. The molecular formula is C16H15FN2O2. The van der Waals surface area contributed by atoms with E-state index in [9.17, 15) is 9.18 Å². The third-order valence-electron chi connectivity index (χ3n) is 3.08. The summed E-state index contributed by atoms with van der Waals surface area (Å²) in [6.45, 7) is 3.36. The molecule has 0 aliphatic rings. The van der Waals surface area contributed by atoms with Gasteiger partial charge in [0.25, 0.3) is 5.91 Å². The van der Waals surface area contributed by atoms with E-state index < -0.39 is 11.7 Å². The molecule has 2 aromatic carbocycles. The molecule has 0 fully saturated rings. The normalized spacial score (nSPS) is 11.3. The molecule has 0 aliphatic heterocycles. The Morgan fingerprint density at radius 1 is 1.19 bits per heavy atom. The molecule has 0 spiro atoms. The third-order valence-corrected chi connectivity index (χ3v) is 3.08. The van der Waals surface area contributed by atoms with Crippen LogP contribution in [0.3, 0.4) is 0 Å². The molecule has 0 atom stereocenters. The molecule has 0 radical (unpaired) electrons. The number of halogens is 1. The first kappa shape index (κ1) is 14.7. The fraction of sp³-hybridized carbons (Fsp3) is 0.125. The Morgan fingerprint density at radius 3 is 2.57 bits per heavy atom. The predicted octanol–water partition coefficient (Wildman–Crippen LogP) is 3.58. The van der Waals surface area contributed by atoms with Crippen LogP contribution in [0, 0.1) is 12.7 Å². The van der Waals surface area contributed by atoms with Crippen LogP contribution in [0.1, 0.15) is 28.4 Å². The van der Waals surface area contributed by atoms with Crippen molar-refractivity contribution in [3.8, 4) is 0 Å². The first-order chi connectivity index (χ1) is 10.0. The number of nitrogens with one attached hydrogen (secondary N) is 1. The van der Waals surface area contributed by atoms with Crippen molar-refractivity contribution >= 4 is 17.3 Å². The highest BCUT2D eigenvalue weighted by atomic mass is 19.1. The summed E-state index contributed by atoms with van der Waals surface area (Å²) < 4.78 is 13.8. The Hall–Kier alpha value is -2.69. The largest absolute Gasteiger partial charge is 0.411 e. The molecule has 0 bridgehead atoms. The second kappa shape index (κ2) is 6.17. The van der Waals surface area contributed by atoms with Crippen LogP contribution in [-0.4, -0.2) is 16.8 Å². The average molecular weight is 286 g/mol. The predicted molar refractivity (Wildman–Crippen MR) is 79.5 cm³/mol. The van der Waals surface area contributed by atoms with Crippen LogP contribution in [-0.2, 0) is 0 Å². The summed E-state index contributed by atoms with van der Waals surface area (Å²) in [4.78, 5) is 12.2. The highest BCUT2D eigenvalue weighted by molar-refractivity contribution is 6.10. The van der Waals surface area contributed by atoms with Crippen LogP contribution >= 0.6 is 0 Å². The van der Waals surface area contributed by atoms with Crippen molar-refractivity contribution < 1.29 is 14.4 Å². The number of aryl methyl sites for hydroxylation is 1. The maximum absolute atomic E-state index is 13.8. The lowest BCUT2D eigenvalue weighted by Crippen LogP contribution is -2.16. The van der Waals surface area contributed by atoms with Crippen LogP contribution in [0.4, 0.5) is 10.1 Å². The maximum atomic E-state index is 13.8. The zero-order valence-electron chi connectivity index (χ0n) is 11.7. The van der Waals surface area contributed by atoms with Crippen LogP contribution < -0.4 is 5.32 Å². The van der Waals surface area contributed by atoms with Crippen LogP contribution in [0.2, 0.25) is 0 Å². The minimum absolute atomic E-state index is 0.0333.